The van der Waals surface area contributed by atoms with Crippen molar-refractivity contribution in [2.75, 3.05) is 0 Å². The van der Waals surface area contributed by atoms with Crippen molar-refractivity contribution in [2.24, 2.45) is 5.92 Å². The van der Waals surface area contributed by atoms with E-state index >= 15 is 0 Å². The van der Waals surface area contributed by atoms with Gasteiger partial charge in [0.05, 0.1) is 0 Å². The molecule has 0 aliphatic rings. The lowest BCUT2D eigenvalue weighted by atomic mass is 10.00. The first-order valence-electron chi connectivity index (χ1n) is 10.5. The number of allylic oxidation sites excluding steroid dienone is 2. The molecule has 1 atom stereocenters. The van der Waals surface area contributed by atoms with Crippen molar-refractivity contribution >= 4 is 45.2 Å². The molecule has 0 bridgehead atoms. The molecule has 33 heavy (non-hydrogen) atoms. The number of hydrogen-bond acceptors (Lipinski definition) is 6. The van der Waals surface area contributed by atoms with E-state index in [-0.39, 0.29) is 17.2 Å². The number of amides is 1. The van der Waals surface area contributed by atoms with Crippen LogP contribution in [0.2, 0.25) is 0 Å². The van der Waals surface area contributed by atoms with Crippen molar-refractivity contribution in [2.45, 2.75) is 52.9 Å². The summed E-state index contributed by atoms with van der Waals surface area (Å²) in [6.07, 6.45) is 5.52. The molecule has 9 heteroatoms. The Hall–Kier alpha value is -2.65. The number of carbonyl (C=O) groups is 2. The van der Waals surface area contributed by atoms with E-state index < -0.39 is 23.3 Å². The first kappa shape index (κ1) is 26.6. The molecule has 0 spiro atoms. The van der Waals surface area contributed by atoms with Crippen LogP contribution in [0, 0.1) is 5.92 Å². The molecule has 1 amide bonds. The van der Waals surface area contributed by atoms with E-state index in [0.29, 0.717) is 24.3 Å². The topological polar surface area (TPSA) is 117 Å². The zero-order chi connectivity index (χ0) is 24.7. The molecule has 2 rings (SSSR count). The normalized spacial score (nSPS) is 13.0. The molecule has 0 saturated heterocycles. The molecule has 2 aromatic rings. The highest BCUT2D eigenvalue weighted by molar-refractivity contribution is 9.10. The number of Topliss-reactive ketones (excluding diaryl/α,β-unsaturated/α-hetero) is 1. The molecule has 3 N–H and O–H groups in total. The predicted molar refractivity (Wildman–Crippen MR) is 133 cm³/mol. The van der Waals surface area contributed by atoms with Crippen molar-refractivity contribution in [1.29, 1.82) is 0 Å². The maximum Gasteiger partial charge on any atom is 0.408 e. The maximum atomic E-state index is 12.9. The van der Waals surface area contributed by atoms with Gasteiger partial charge in [-0.15, -0.1) is 11.3 Å². The molecule has 0 aliphatic carbocycles. The van der Waals surface area contributed by atoms with E-state index in [1.807, 2.05) is 13.0 Å². The van der Waals surface area contributed by atoms with Crippen LogP contribution in [0.25, 0.3) is 6.08 Å². The third-order valence-corrected chi connectivity index (χ3v) is 6.91. The summed E-state index contributed by atoms with van der Waals surface area (Å²) < 4.78 is 6.32. The van der Waals surface area contributed by atoms with Gasteiger partial charge in [-0.25, -0.2) is 9.59 Å². The Morgan fingerprint density at radius 3 is 2.58 bits per heavy atom. The number of hydrogen-bond donors (Lipinski definition) is 3. The van der Waals surface area contributed by atoms with Crippen molar-refractivity contribution in [3.8, 4) is 5.75 Å². The second-order valence-electron chi connectivity index (χ2n) is 8.20. The van der Waals surface area contributed by atoms with E-state index in [0.717, 1.165) is 15.8 Å². The maximum absolute atomic E-state index is 12.9. The number of halogens is 1. The summed E-state index contributed by atoms with van der Waals surface area (Å²) in [7, 11) is 0. The lowest BCUT2D eigenvalue weighted by Gasteiger charge is -2.11. The predicted octanol–water partition coefficient (Wildman–Crippen LogP) is 6.32. The van der Waals surface area contributed by atoms with Crippen LogP contribution >= 0.6 is 27.3 Å². The van der Waals surface area contributed by atoms with Crippen LogP contribution in [-0.4, -0.2) is 22.1 Å². The fraction of sp³-hybridized carbons (Fsp3) is 0.375. The summed E-state index contributed by atoms with van der Waals surface area (Å²) in [5.74, 6) is -0.461. The van der Waals surface area contributed by atoms with Gasteiger partial charge in [0, 0.05) is 32.4 Å². The summed E-state index contributed by atoms with van der Waals surface area (Å²) in [6.45, 7) is 7.68. The average Bonchev–Trinajstić information content (AvgIpc) is 3.04. The molecule has 2 heterocycles. The van der Waals surface area contributed by atoms with Gasteiger partial charge in [0.25, 0.3) is 0 Å². The second-order valence-corrected chi connectivity index (χ2v) is 10.2. The first-order chi connectivity index (χ1) is 15.5. The van der Waals surface area contributed by atoms with Crippen molar-refractivity contribution in [3.05, 3.63) is 66.0 Å². The van der Waals surface area contributed by atoms with Gasteiger partial charge in [0.2, 0.25) is 0 Å². The van der Waals surface area contributed by atoms with Crippen LogP contribution in [0.3, 0.4) is 0 Å². The Morgan fingerprint density at radius 2 is 1.97 bits per heavy atom. The third-order valence-electron chi connectivity index (χ3n) is 4.84. The summed E-state index contributed by atoms with van der Waals surface area (Å²) >= 11 is 5.13. The Morgan fingerprint density at radius 1 is 1.27 bits per heavy atom. The number of aromatic hydroxyl groups is 1. The molecule has 178 valence electrons. The quantitative estimate of drug-likeness (QED) is 0.241. The molecule has 7 nitrogen and oxygen atoms in total. The average molecular weight is 538 g/mol. The SMILES string of the molecule is CC(=Cc1cc(Br)c(CC(C)C)s1)C(=O)c1c(O)cc(C(C)CCC=CNC(=O)O)oc1=O. The van der Waals surface area contributed by atoms with Gasteiger partial charge in [0.1, 0.15) is 17.1 Å². The molecule has 1 unspecified atom stereocenters. The van der Waals surface area contributed by atoms with Gasteiger partial charge >= 0.3 is 11.7 Å². The summed E-state index contributed by atoms with van der Waals surface area (Å²) in [5, 5.41) is 21.1. The van der Waals surface area contributed by atoms with Crippen LogP contribution in [-0.2, 0) is 6.42 Å². The first-order valence-corrected chi connectivity index (χ1v) is 12.1. The smallest absolute Gasteiger partial charge is 0.408 e. The molecule has 0 saturated carbocycles. The fourth-order valence-corrected chi connectivity index (χ4v) is 5.21. The summed E-state index contributed by atoms with van der Waals surface area (Å²) in [5.41, 5.74) is -0.951. The monoisotopic (exact) mass is 537 g/mol. The van der Waals surface area contributed by atoms with Crippen LogP contribution in [0.5, 0.6) is 5.75 Å². The van der Waals surface area contributed by atoms with Crippen molar-refractivity contribution in [1.82, 2.24) is 5.32 Å². The Bertz CT molecular complexity index is 1130. The highest BCUT2D eigenvalue weighted by atomic mass is 79.9. The molecule has 0 fully saturated rings. The van der Waals surface area contributed by atoms with Crippen molar-refractivity contribution in [3.63, 3.8) is 0 Å². The molecular weight excluding hydrogens is 510 g/mol. The van der Waals surface area contributed by atoms with E-state index in [1.54, 1.807) is 30.4 Å². The van der Waals surface area contributed by atoms with Crippen LogP contribution in [0.4, 0.5) is 4.79 Å². The number of ketones is 1. The molecule has 0 aliphatic heterocycles. The van der Waals surface area contributed by atoms with E-state index in [1.165, 1.54) is 17.1 Å². The minimum atomic E-state index is -1.15. The molecular formula is C24H28BrNO6S. The lowest BCUT2D eigenvalue weighted by Crippen LogP contribution is -2.16. The minimum Gasteiger partial charge on any atom is -0.507 e. The Labute approximate surface area is 205 Å². The number of carbonyl (C=O) groups excluding carboxylic acids is 1. The van der Waals surface area contributed by atoms with Gasteiger partial charge in [-0.2, -0.15) is 0 Å². The zero-order valence-corrected chi connectivity index (χ0v) is 21.4. The minimum absolute atomic E-state index is 0.221. The fourth-order valence-electron chi connectivity index (χ4n) is 3.14. The second kappa shape index (κ2) is 12.0. The molecule has 0 aromatic carbocycles. The number of carboxylic acid groups (broad SMARTS) is 1. The zero-order valence-electron chi connectivity index (χ0n) is 19.0. The van der Waals surface area contributed by atoms with E-state index in [9.17, 15) is 19.5 Å². The van der Waals surface area contributed by atoms with Crippen molar-refractivity contribution < 1.29 is 24.2 Å². The number of thiophene rings is 1. The largest absolute Gasteiger partial charge is 0.507 e. The highest BCUT2D eigenvalue weighted by Crippen LogP contribution is 2.32. The number of nitrogens with one attached hydrogen (secondary N) is 1. The third kappa shape index (κ3) is 7.71. The lowest BCUT2D eigenvalue weighted by molar-refractivity contribution is 0.102. The van der Waals surface area contributed by atoms with Gasteiger partial charge in [-0.05, 0) is 65.7 Å². The van der Waals surface area contributed by atoms with Gasteiger partial charge in [-0.1, -0.05) is 26.8 Å². The van der Waals surface area contributed by atoms with Gasteiger partial charge in [0.15, 0.2) is 5.78 Å². The standard InChI is InChI=1S/C24H28BrNO6S/c1-13(2)9-20-17(25)11-16(33-20)10-15(4)22(28)21-18(27)12-19(32-23(21)29)14(3)7-5-6-8-26-24(30)31/h6,8,10-14,26-27H,5,7,9H2,1-4H3,(H,30,31). The molecule has 0 radical (unpaired) electrons. The number of rotatable bonds is 10. The highest BCUT2D eigenvalue weighted by Gasteiger charge is 2.22. The summed E-state index contributed by atoms with van der Waals surface area (Å²) in [6, 6.07) is 3.24. The summed E-state index contributed by atoms with van der Waals surface area (Å²) in [4.78, 5) is 37.9. The Balaban J connectivity index is 2.17. The Kier molecular flexibility index (Phi) is 9.67. The van der Waals surface area contributed by atoms with Crippen LogP contribution in [0.1, 0.15) is 72.3 Å². The molecule has 2 aromatic heterocycles. The van der Waals surface area contributed by atoms with Crippen LogP contribution < -0.4 is 10.9 Å². The van der Waals surface area contributed by atoms with Gasteiger partial charge in [-0.3, -0.25) is 10.1 Å². The van der Waals surface area contributed by atoms with E-state index in [2.05, 4.69) is 35.1 Å². The van der Waals surface area contributed by atoms with Gasteiger partial charge < -0.3 is 14.6 Å². The van der Waals surface area contributed by atoms with E-state index in [4.69, 9.17) is 9.52 Å². The van der Waals surface area contributed by atoms with Crippen LogP contribution in [0.15, 0.2) is 43.7 Å².